The molecule has 5 heteroatoms. The fourth-order valence-electron chi connectivity index (χ4n) is 1.29. The van der Waals surface area contributed by atoms with Gasteiger partial charge < -0.3 is 11.1 Å². The van der Waals surface area contributed by atoms with E-state index < -0.39 is 0 Å². The molecule has 1 amide bonds. The van der Waals surface area contributed by atoms with Crippen molar-refractivity contribution in [3.63, 3.8) is 0 Å². The van der Waals surface area contributed by atoms with Gasteiger partial charge in [0, 0.05) is 17.2 Å². The standard InChI is InChI=1S/C12H21N3OS/c1-12(2,3)9-8-17-11(14-9)15-10(16)6-4-5-7-13/h8H,4-7,13H2,1-3H3,(H,14,15,16). The smallest absolute Gasteiger partial charge is 0.226 e. The number of carbonyl (C=O) groups excluding carboxylic acids is 1. The Bertz CT molecular complexity index is 368. The number of hydrogen-bond donors (Lipinski definition) is 2. The van der Waals surface area contributed by atoms with Crippen molar-refractivity contribution in [1.29, 1.82) is 0 Å². The molecule has 3 N–H and O–H groups in total. The van der Waals surface area contributed by atoms with Crippen molar-refractivity contribution in [3.8, 4) is 0 Å². The van der Waals surface area contributed by atoms with Crippen LogP contribution in [0.15, 0.2) is 5.38 Å². The van der Waals surface area contributed by atoms with Crippen LogP contribution in [0.25, 0.3) is 0 Å². The first-order valence-corrected chi connectivity index (χ1v) is 6.77. The highest BCUT2D eigenvalue weighted by molar-refractivity contribution is 7.13. The number of nitrogens with one attached hydrogen (secondary N) is 1. The molecule has 0 atom stereocenters. The van der Waals surface area contributed by atoms with Gasteiger partial charge in [0.2, 0.25) is 5.91 Å². The van der Waals surface area contributed by atoms with Crippen molar-refractivity contribution in [2.75, 3.05) is 11.9 Å². The Kier molecular flexibility index (Phi) is 5.08. The summed E-state index contributed by atoms with van der Waals surface area (Å²) in [5, 5.41) is 5.50. The molecule has 0 unspecified atom stereocenters. The molecule has 0 aliphatic rings. The number of hydrogen-bond acceptors (Lipinski definition) is 4. The molecule has 0 aliphatic heterocycles. The van der Waals surface area contributed by atoms with E-state index in [0.717, 1.165) is 18.5 Å². The third-order valence-electron chi connectivity index (χ3n) is 2.38. The Labute approximate surface area is 107 Å². The molecule has 1 heterocycles. The lowest BCUT2D eigenvalue weighted by molar-refractivity contribution is -0.116. The van der Waals surface area contributed by atoms with Crippen LogP contribution in [0.2, 0.25) is 0 Å². The number of amides is 1. The summed E-state index contributed by atoms with van der Waals surface area (Å²) in [5.74, 6) is 0.0215. The van der Waals surface area contributed by atoms with Gasteiger partial charge in [-0.05, 0) is 19.4 Å². The molecular formula is C12H21N3OS. The van der Waals surface area contributed by atoms with Crippen LogP contribution >= 0.6 is 11.3 Å². The van der Waals surface area contributed by atoms with E-state index >= 15 is 0 Å². The topological polar surface area (TPSA) is 68.0 Å². The number of thiazole rings is 1. The first-order valence-electron chi connectivity index (χ1n) is 5.89. The van der Waals surface area contributed by atoms with Gasteiger partial charge in [0.25, 0.3) is 0 Å². The van der Waals surface area contributed by atoms with Crippen LogP contribution in [0, 0.1) is 0 Å². The van der Waals surface area contributed by atoms with E-state index in [9.17, 15) is 4.79 Å². The van der Waals surface area contributed by atoms with Crippen molar-refractivity contribution < 1.29 is 4.79 Å². The maximum Gasteiger partial charge on any atom is 0.226 e. The molecule has 1 aromatic heterocycles. The van der Waals surface area contributed by atoms with Crippen LogP contribution in [0.4, 0.5) is 5.13 Å². The minimum absolute atomic E-state index is 0.0215. The second-order valence-electron chi connectivity index (χ2n) is 5.08. The van der Waals surface area contributed by atoms with Crippen LogP contribution in [0.5, 0.6) is 0 Å². The summed E-state index contributed by atoms with van der Waals surface area (Å²) in [5.41, 5.74) is 6.42. The van der Waals surface area contributed by atoms with E-state index in [-0.39, 0.29) is 11.3 Å². The third-order valence-corrected chi connectivity index (χ3v) is 3.13. The van der Waals surface area contributed by atoms with Gasteiger partial charge in [-0.1, -0.05) is 20.8 Å². The van der Waals surface area contributed by atoms with Gasteiger partial charge in [-0.3, -0.25) is 4.79 Å². The summed E-state index contributed by atoms with van der Waals surface area (Å²) >= 11 is 1.48. The van der Waals surface area contributed by atoms with Gasteiger partial charge in [0.05, 0.1) is 5.69 Å². The number of aromatic nitrogens is 1. The van der Waals surface area contributed by atoms with Crippen LogP contribution in [-0.2, 0) is 10.2 Å². The highest BCUT2D eigenvalue weighted by atomic mass is 32.1. The minimum Gasteiger partial charge on any atom is -0.330 e. The van der Waals surface area contributed by atoms with Gasteiger partial charge >= 0.3 is 0 Å². The number of nitrogens with two attached hydrogens (primary N) is 1. The van der Waals surface area contributed by atoms with E-state index in [0.29, 0.717) is 18.1 Å². The molecule has 1 rings (SSSR count). The number of unbranched alkanes of at least 4 members (excludes halogenated alkanes) is 1. The van der Waals surface area contributed by atoms with Crippen molar-refractivity contribution in [2.24, 2.45) is 5.73 Å². The monoisotopic (exact) mass is 255 g/mol. The average molecular weight is 255 g/mol. The predicted octanol–water partition coefficient (Wildman–Crippen LogP) is 2.51. The third kappa shape index (κ3) is 4.83. The molecule has 0 bridgehead atoms. The van der Waals surface area contributed by atoms with E-state index in [2.05, 4.69) is 31.1 Å². The lowest BCUT2D eigenvalue weighted by Gasteiger charge is -2.14. The Hall–Kier alpha value is -0.940. The van der Waals surface area contributed by atoms with Gasteiger partial charge in [0.15, 0.2) is 5.13 Å². The molecule has 0 spiro atoms. The molecule has 0 radical (unpaired) electrons. The van der Waals surface area contributed by atoms with E-state index in [1.54, 1.807) is 0 Å². The molecule has 0 saturated heterocycles. The lowest BCUT2D eigenvalue weighted by atomic mass is 9.93. The van der Waals surface area contributed by atoms with Gasteiger partial charge in [-0.15, -0.1) is 11.3 Å². The second-order valence-corrected chi connectivity index (χ2v) is 5.94. The van der Waals surface area contributed by atoms with Crippen molar-refractivity contribution >= 4 is 22.4 Å². The fraction of sp³-hybridized carbons (Fsp3) is 0.667. The molecule has 0 aliphatic carbocycles. The van der Waals surface area contributed by atoms with Gasteiger partial charge in [0.1, 0.15) is 0 Å². The van der Waals surface area contributed by atoms with Crippen LogP contribution in [0.3, 0.4) is 0 Å². The minimum atomic E-state index is 0.0215. The number of nitrogens with zero attached hydrogens (tertiary/aromatic N) is 1. The van der Waals surface area contributed by atoms with Crippen molar-refractivity contribution in [2.45, 2.75) is 45.4 Å². The molecule has 0 aromatic carbocycles. The summed E-state index contributed by atoms with van der Waals surface area (Å²) in [6, 6.07) is 0. The second kappa shape index (κ2) is 6.12. The zero-order chi connectivity index (χ0) is 12.9. The van der Waals surface area contributed by atoms with Crippen molar-refractivity contribution in [1.82, 2.24) is 4.98 Å². The Balaban J connectivity index is 2.46. The molecule has 4 nitrogen and oxygen atoms in total. The van der Waals surface area contributed by atoms with Crippen LogP contribution in [-0.4, -0.2) is 17.4 Å². The van der Waals surface area contributed by atoms with Crippen LogP contribution < -0.4 is 11.1 Å². The molecule has 96 valence electrons. The fourth-order valence-corrected chi connectivity index (χ4v) is 2.24. The highest BCUT2D eigenvalue weighted by Gasteiger charge is 2.17. The maximum absolute atomic E-state index is 11.6. The largest absolute Gasteiger partial charge is 0.330 e. The quantitative estimate of drug-likeness (QED) is 0.794. The van der Waals surface area contributed by atoms with Gasteiger partial charge in [-0.2, -0.15) is 0 Å². The zero-order valence-electron chi connectivity index (χ0n) is 10.7. The number of rotatable bonds is 5. The molecule has 1 aromatic rings. The summed E-state index contributed by atoms with van der Waals surface area (Å²) in [6.45, 7) is 6.96. The van der Waals surface area contributed by atoms with E-state index in [1.165, 1.54) is 11.3 Å². The first-order chi connectivity index (χ1) is 7.93. The summed E-state index contributed by atoms with van der Waals surface area (Å²) < 4.78 is 0. The lowest BCUT2D eigenvalue weighted by Crippen LogP contribution is -2.14. The zero-order valence-corrected chi connectivity index (χ0v) is 11.6. The average Bonchev–Trinajstić information content (AvgIpc) is 2.66. The molecule has 0 saturated carbocycles. The summed E-state index contributed by atoms with van der Waals surface area (Å²) in [4.78, 5) is 16.0. The summed E-state index contributed by atoms with van der Waals surface area (Å²) in [7, 11) is 0. The highest BCUT2D eigenvalue weighted by Crippen LogP contribution is 2.26. The normalized spacial score (nSPS) is 11.5. The predicted molar refractivity (Wildman–Crippen MR) is 72.3 cm³/mol. The van der Waals surface area contributed by atoms with E-state index in [4.69, 9.17) is 5.73 Å². The SMILES string of the molecule is CC(C)(C)c1csc(NC(=O)CCCCN)n1. The Morgan fingerprint density at radius 2 is 2.18 bits per heavy atom. The van der Waals surface area contributed by atoms with Crippen LogP contribution in [0.1, 0.15) is 45.7 Å². The number of carbonyl (C=O) groups is 1. The Morgan fingerprint density at radius 1 is 1.47 bits per heavy atom. The molecule has 0 fully saturated rings. The summed E-state index contributed by atoms with van der Waals surface area (Å²) in [6.07, 6.45) is 2.24. The molecule has 17 heavy (non-hydrogen) atoms. The van der Waals surface area contributed by atoms with Gasteiger partial charge in [-0.25, -0.2) is 4.98 Å². The Morgan fingerprint density at radius 3 is 2.71 bits per heavy atom. The first kappa shape index (κ1) is 14.1. The molecular weight excluding hydrogens is 234 g/mol. The van der Waals surface area contributed by atoms with Crippen molar-refractivity contribution in [3.05, 3.63) is 11.1 Å². The van der Waals surface area contributed by atoms with E-state index in [1.807, 2.05) is 5.38 Å². The maximum atomic E-state index is 11.6. The number of anilines is 1.